The minimum absolute atomic E-state index is 0.0331. The molecule has 1 saturated carbocycles. The molecule has 0 spiro atoms. The normalized spacial score (nSPS) is 14.0. The zero-order valence-corrected chi connectivity index (χ0v) is 19.5. The Labute approximate surface area is 202 Å². The van der Waals surface area contributed by atoms with E-state index in [1.807, 2.05) is 38.1 Å². The molecule has 1 unspecified atom stereocenters. The van der Waals surface area contributed by atoms with Crippen LogP contribution in [0, 0.1) is 0 Å². The van der Waals surface area contributed by atoms with E-state index in [1.54, 1.807) is 18.2 Å². The first-order valence-corrected chi connectivity index (χ1v) is 11.7. The summed E-state index contributed by atoms with van der Waals surface area (Å²) in [5, 5.41) is 20.9. The number of carbonyl (C=O) groups is 2. The fourth-order valence-corrected chi connectivity index (χ4v) is 3.82. The highest BCUT2D eigenvalue weighted by molar-refractivity contribution is 6.03. The first kappa shape index (κ1) is 22.5. The van der Waals surface area contributed by atoms with E-state index in [0.29, 0.717) is 33.9 Å². The number of amides is 2. The number of carbonyl (C=O) groups excluding carboxylic acids is 2. The number of benzene rings is 2. The smallest absolute Gasteiger partial charge is 0.342 e. The molecule has 0 saturated heterocycles. The van der Waals surface area contributed by atoms with Crippen molar-refractivity contribution in [2.75, 3.05) is 5.32 Å². The fourth-order valence-electron chi connectivity index (χ4n) is 3.82. The number of rotatable bonds is 6. The Balaban J connectivity index is 1.37. The second-order valence-corrected chi connectivity index (χ2v) is 8.83. The van der Waals surface area contributed by atoms with Gasteiger partial charge in [-0.05, 0) is 56.5 Å². The lowest BCUT2D eigenvalue weighted by atomic mass is 10.1. The number of nitrogens with one attached hydrogen (secondary N) is 2. The first-order chi connectivity index (χ1) is 16.9. The van der Waals surface area contributed by atoms with Crippen LogP contribution >= 0.6 is 0 Å². The maximum atomic E-state index is 12.8. The first-order valence-electron chi connectivity index (χ1n) is 11.7. The number of hydrogen-bond donors (Lipinski definition) is 3. The maximum absolute atomic E-state index is 12.8. The molecule has 35 heavy (non-hydrogen) atoms. The van der Waals surface area contributed by atoms with E-state index >= 15 is 0 Å². The predicted octanol–water partition coefficient (Wildman–Crippen LogP) is 4.68. The Hall–Kier alpha value is -4.27. The lowest BCUT2D eigenvalue weighted by Gasteiger charge is -2.12. The van der Waals surface area contributed by atoms with Gasteiger partial charge in [-0.2, -0.15) is 9.78 Å². The average Bonchev–Trinajstić information content (AvgIpc) is 3.61. The van der Waals surface area contributed by atoms with Crippen molar-refractivity contribution in [3.63, 3.8) is 0 Å². The van der Waals surface area contributed by atoms with Gasteiger partial charge in [0.1, 0.15) is 11.4 Å². The van der Waals surface area contributed by atoms with E-state index in [1.165, 1.54) is 16.9 Å². The molecule has 9 nitrogen and oxygen atoms in total. The van der Waals surface area contributed by atoms with E-state index in [9.17, 15) is 14.7 Å². The van der Waals surface area contributed by atoms with Crippen LogP contribution in [0.3, 0.4) is 0 Å². The van der Waals surface area contributed by atoms with Crippen LogP contribution in [-0.2, 0) is 0 Å². The van der Waals surface area contributed by atoms with Crippen LogP contribution < -0.4 is 10.6 Å². The van der Waals surface area contributed by atoms with Crippen molar-refractivity contribution in [3.05, 3.63) is 66.1 Å². The van der Waals surface area contributed by atoms with E-state index in [2.05, 4.69) is 25.7 Å². The number of anilines is 1. The molecule has 0 bridgehead atoms. The summed E-state index contributed by atoms with van der Waals surface area (Å²) < 4.78 is 1.41. The molecule has 5 rings (SSSR count). The molecule has 1 aliphatic rings. The molecule has 178 valence electrons. The van der Waals surface area contributed by atoms with Gasteiger partial charge in [0.2, 0.25) is 0 Å². The molecule has 1 aliphatic carbocycles. The molecule has 4 aromatic rings. The minimum atomic E-state index is -0.433. The van der Waals surface area contributed by atoms with Crippen LogP contribution in [0.2, 0.25) is 0 Å². The van der Waals surface area contributed by atoms with Crippen LogP contribution in [0.5, 0.6) is 5.75 Å². The standard InChI is InChI=1S/C26H26N6O3/c1-3-15(2)28-26(35)32-23(16-8-9-16)13-21(31-32)18-11-10-17(12-24(18)33)29-25(34)22-14-27-19-6-4-5-7-20(19)30-22/h4-7,10-16,33H,3,8-9H2,1-2H3,(H,28,35)(H,29,34). The van der Waals surface area contributed by atoms with Gasteiger partial charge in [-0.25, -0.2) is 9.78 Å². The van der Waals surface area contributed by atoms with Gasteiger partial charge in [0, 0.05) is 29.3 Å². The molecule has 0 aliphatic heterocycles. The molecule has 2 aromatic carbocycles. The minimum Gasteiger partial charge on any atom is -0.507 e. The van der Waals surface area contributed by atoms with E-state index in [4.69, 9.17) is 0 Å². The van der Waals surface area contributed by atoms with Gasteiger partial charge in [0.25, 0.3) is 5.91 Å². The molecule has 3 N–H and O–H groups in total. The number of aromatic hydroxyl groups is 1. The average molecular weight is 471 g/mol. The Bertz CT molecular complexity index is 1430. The number of phenolic OH excluding ortho intramolecular Hbond substituents is 1. The highest BCUT2D eigenvalue weighted by Gasteiger charge is 2.31. The van der Waals surface area contributed by atoms with Crippen molar-refractivity contribution >= 4 is 28.7 Å². The molecule has 2 heterocycles. The van der Waals surface area contributed by atoms with Crippen molar-refractivity contribution in [1.29, 1.82) is 0 Å². The van der Waals surface area contributed by atoms with Crippen molar-refractivity contribution in [2.45, 2.75) is 45.1 Å². The summed E-state index contributed by atoms with van der Waals surface area (Å²) in [4.78, 5) is 34.1. The van der Waals surface area contributed by atoms with Crippen molar-refractivity contribution in [1.82, 2.24) is 25.1 Å². The SMILES string of the molecule is CCC(C)NC(=O)n1nc(-c2ccc(NC(=O)c3cnc4ccccc4n3)cc2O)cc1C1CC1. The van der Waals surface area contributed by atoms with Crippen LogP contribution in [0.4, 0.5) is 10.5 Å². The molecular weight excluding hydrogens is 444 g/mol. The summed E-state index contributed by atoms with van der Waals surface area (Å²) in [7, 11) is 0. The summed E-state index contributed by atoms with van der Waals surface area (Å²) in [5.41, 5.74) is 3.72. The fraction of sp³-hybridized carbons (Fsp3) is 0.269. The summed E-state index contributed by atoms with van der Waals surface area (Å²) in [6, 6.07) is 13.7. The topological polar surface area (TPSA) is 122 Å². The van der Waals surface area contributed by atoms with Crippen LogP contribution in [0.15, 0.2) is 54.7 Å². The lowest BCUT2D eigenvalue weighted by molar-refractivity contribution is 0.102. The Morgan fingerprint density at radius 1 is 1.14 bits per heavy atom. The number of para-hydroxylation sites is 2. The van der Waals surface area contributed by atoms with E-state index in [-0.39, 0.29) is 23.5 Å². The van der Waals surface area contributed by atoms with Crippen LogP contribution in [-0.4, -0.2) is 42.8 Å². The van der Waals surface area contributed by atoms with Gasteiger partial charge in [0.05, 0.1) is 28.6 Å². The van der Waals surface area contributed by atoms with E-state index < -0.39 is 5.91 Å². The molecule has 2 aromatic heterocycles. The van der Waals surface area contributed by atoms with Crippen LogP contribution in [0.1, 0.15) is 55.2 Å². The summed E-state index contributed by atoms with van der Waals surface area (Å²) >= 11 is 0. The van der Waals surface area contributed by atoms with Crippen LogP contribution in [0.25, 0.3) is 22.3 Å². The number of aromatic nitrogens is 4. The van der Waals surface area contributed by atoms with Crippen molar-refractivity contribution in [2.24, 2.45) is 0 Å². The third-order valence-electron chi connectivity index (χ3n) is 6.12. The third-order valence-corrected chi connectivity index (χ3v) is 6.12. The zero-order chi connectivity index (χ0) is 24.5. The van der Waals surface area contributed by atoms with Gasteiger partial charge in [-0.15, -0.1) is 0 Å². The molecule has 1 atom stereocenters. The molecule has 9 heteroatoms. The van der Waals surface area contributed by atoms with Crippen molar-refractivity contribution in [3.8, 4) is 17.0 Å². The highest BCUT2D eigenvalue weighted by Crippen LogP contribution is 2.42. The lowest BCUT2D eigenvalue weighted by Crippen LogP contribution is -2.36. The second kappa shape index (κ2) is 9.17. The van der Waals surface area contributed by atoms with Crippen molar-refractivity contribution < 1.29 is 14.7 Å². The zero-order valence-electron chi connectivity index (χ0n) is 19.5. The molecule has 2 amide bonds. The summed E-state index contributed by atoms with van der Waals surface area (Å²) in [6.07, 6.45) is 4.26. The number of hydrogen-bond acceptors (Lipinski definition) is 6. The largest absolute Gasteiger partial charge is 0.507 e. The van der Waals surface area contributed by atoms with Gasteiger partial charge in [-0.3, -0.25) is 9.78 Å². The number of fused-ring (bicyclic) bond motifs is 1. The second-order valence-electron chi connectivity index (χ2n) is 8.83. The number of nitrogens with zero attached hydrogens (tertiary/aromatic N) is 4. The van der Waals surface area contributed by atoms with Gasteiger partial charge >= 0.3 is 6.03 Å². The predicted molar refractivity (Wildman–Crippen MR) is 132 cm³/mol. The molecule has 1 fully saturated rings. The third kappa shape index (κ3) is 4.70. The quantitative estimate of drug-likeness (QED) is 0.376. The van der Waals surface area contributed by atoms with E-state index in [0.717, 1.165) is 25.0 Å². The Kier molecular flexibility index (Phi) is 5.90. The molecular formula is C26H26N6O3. The Morgan fingerprint density at radius 3 is 2.63 bits per heavy atom. The highest BCUT2D eigenvalue weighted by atomic mass is 16.3. The maximum Gasteiger partial charge on any atom is 0.342 e. The monoisotopic (exact) mass is 470 g/mol. The van der Waals surface area contributed by atoms with Gasteiger partial charge in [0.15, 0.2) is 0 Å². The summed E-state index contributed by atoms with van der Waals surface area (Å²) in [5.74, 6) is -0.193. The Morgan fingerprint density at radius 2 is 1.91 bits per heavy atom. The van der Waals surface area contributed by atoms with Gasteiger partial charge < -0.3 is 15.7 Å². The molecule has 0 radical (unpaired) electrons. The summed E-state index contributed by atoms with van der Waals surface area (Å²) in [6.45, 7) is 3.95. The number of phenols is 1. The van der Waals surface area contributed by atoms with Gasteiger partial charge in [-0.1, -0.05) is 19.1 Å².